The highest BCUT2D eigenvalue weighted by Gasteiger charge is 2.15. The van der Waals surface area contributed by atoms with Gasteiger partial charge < -0.3 is 16.0 Å². The second-order valence-corrected chi connectivity index (χ2v) is 6.18. The van der Waals surface area contributed by atoms with Gasteiger partial charge in [0.05, 0.1) is 0 Å². The number of carbonyl (C=O) groups excluding carboxylic acids is 2. The van der Waals surface area contributed by atoms with E-state index in [0.29, 0.717) is 18.5 Å². The van der Waals surface area contributed by atoms with Crippen LogP contribution in [0, 0.1) is 0 Å². The molecule has 0 unspecified atom stereocenters. The molecule has 5 heteroatoms. The molecule has 3 N–H and O–H groups in total. The molecule has 1 aliphatic rings. The van der Waals surface area contributed by atoms with Gasteiger partial charge in [0.2, 0.25) is 5.91 Å². The van der Waals surface area contributed by atoms with Crippen molar-refractivity contribution in [2.45, 2.75) is 25.3 Å². The van der Waals surface area contributed by atoms with E-state index in [9.17, 15) is 9.59 Å². The standard InChI is InChI=1S/C19H23N3O2/c23-18(22-17-6-3-10-20-13-17)9-11-21-19(24)16-8-7-14-4-1-2-5-15(14)12-16/h1-2,4-5,7-8,12,17,20H,3,6,9-11,13H2,(H,21,24)(H,22,23)/t17-/m0/s1. The van der Waals surface area contributed by atoms with Gasteiger partial charge in [-0.25, -0.2) is 0 Å². The molecular weight excluding hydrogens is 302 g/mol. The average molecular weight is 325 g/mol. The minimum absolute atomic E-state index is 0.0116. The highest BCUT2D eigenvalue weighted by Crippen LogP contribution is 2.15. The zero-order valence-corrected chi connectivity index (χ0v) is 13.7. The molecular formula is C19H23N3O2. The van der Waals surface area contributed by atoms with Gasteiger partial charge in [-0.2, -0.15) is 0 Å². The summed E-state index contributed by atoms with van der Waals surface area (Å²) in [5.74, 6) is -0.157. The number of benzene rings is 2. The molecule has 0 aliphatic carbocycles. The first kappa shape index (κ1) is 16.5. The Morgan fingerprint density at radius 2 is 1.96 bits per heavy atom. The van der Waals surface area contributed by atoms with Crippen molar-refractivity contribution in [1.29, 1.82) is 0 Å². The summed E-state index contributed by atoms with van der Waals surface area (Å²) >= 11 is 0. The zero-order valence-electron chi connectivity index (χ0n) is 13.7. The van der Waals surface area contributed by atoms with Gasteiger partial charge in [0.1, 0.15) is 0 Å². The third-order valence-electron chi connectivity index (χ3n) is 4.31. The number of nitrogens with one attached hydrogen (secondary N) is 3. The van der Waals surface area contributed by atoms with E-state index in [1.54, 1.807) is 0 Å². The molecule has 1 aliphatic heterocycles. The second kappa shape index (κ2) is 7.93. The summed E-state index contributed by atoms with van der Waals surface area (Å²) in [5.41, 5.74) is 0.616. The maximum Gasteiger partial charge on any atom is 0.251 e. The highest BCUT2D eigenvalue weighted by molar-refractivity contribution is 5.98. The van der Waals surface area contributed by atoms with Crippen molar-refractivity contribution < 1.29 is 9.59 Å². The van der Waals surface area contributed by atoms with Crippen LogP contribution in [0.1, 0.15) is 29.6 Å². The van der Waals surface area contributed by atoms with Crippen molar-refractivity contribution in [3.8, 4) is 0 Å². The van der Waals surface area contributed by atoms with Gasteiger partial charge in [0, 0.05) is 31.1 Å². The molecule has 126 valence electrons. The number of fused-ring (bicyclic) bond motifs is 1. The van der Waals surface area contributed by atoms with E-state index in [1.165, 1.54) is 0 Å². The SMILES string of the molecule is O=C(CCNC(=O)c1ccc2ccccc2c1)N[C@H]1CCCNC1. The maximum absolute atomic E-state index is 12.2. The van der Waals surface area contributed by atoms with Gasteiger partial charge in [0.25, 0.3) is 5.91 Å². The van der Waals surface area contributed by atoms with Crippen molar-refractivity contribution in [1.82, 2.24) is 16.0 Å². The smallest absolute Gasteiger partial charge is 0.251 e. The second-order valence-electron chi connectivity index (χ2n) is 6.18. The lowest BCUT2D eigenvalue weighted by molar-refractivity contribution is -0.121. The maximum atomic E-state index is 12.2. The molecule has 0 aromatic heterocycles. The first-order valence-electron chi connectivity index (χ1n) is 8.49. The first-order chi connectivity index (χ1) is 11.7. The summed E-state index contributed by atoms with van der Waals surface area (Å²) in [7, 11) is 0. The van der Waals surface area contributed by atoms with Crippen molar-refractivity contribution in [2.75, 3.05) is 19.6 Å². The largest absolute Gasteiger partial charge is 0.352 e. The molecule has 2 aromatic rings. The quantitative estimate of drug-likeness (QED) is 0.785. The minimum atomic E-state index is -0.145. The molecule has 2 amide bonds. The fourth-order valence-electron chi connectivity index (χ4n) is 3.00. The van der Waals surface area contributed by atoms with Crippen LogP contribution in [-0.4, -0.2) is 37.5 Å². The lowest BCUT2D eigenvalue weighted by atomic mass is 10.1. The molecule has 0 radical (unpaired) electrons. The van der Waals surface area contributed by atoms with Crippen molar-refractivity contribution in [3.05, 3.63) is 48.0 Å². The zero-order chi connectivity index (χ0) is 16.8. The van der Waals surface area contributed by atoms with Crippen molar-refractivity contribution in [2.24, 2.45) is 0 Å². The van der Waals surface area contributed by atoms with E-state index in [4.69, 9.17) is 0 Å². The Morgan fingerprint density at radius 1 is 1.12 bits per heavy atom. The molecule has 24 heavy (non-hydrogen) atoms. The van der Waals surface area contributed by atoms with Gasteiger partial charge >= 0.3 is 0 Å². The van der Waals surface area contributed by atoms with Gasteiger partial charge in [-0.15, -0.1) is 0 Å². The lowest BCUT2D eigenvalue weighted by Crippen LogP contribution is -2.46. The fraction of sp³-hybridized carbons (Fsp3) is 0.368. The van der Waals surface area contributed by atoms with Gasteiger partial charge in [-0.1, -0.05) is 30.3 Å². The highest BCUT2D eigenvalue weighted by atomic mass is 16.2. The Morgan fingerprint density at radius 3 is 2.75 bits per heavy atom. The number of amides is 2. The van der Waals surface area contributed by atoms with Crippen LogP contribution >= 0.6 is 0 Å². The summed E-state index contributed by atoms with van der Waals surface area (Å²) in [4.78, 5) is 24.1. The van der Waals surface area contributed by atoms with Crippen LogP contribution in [-0.2, 0) is 4.79 Å². The number of carbonyl (C=O) groups is 2. The van der Waals surface area contributed by atoms with Crippen LogP contribution in [0.4, 0.5) is 0 Å². The Bertz CT molecular complexity index is 723. The van der Waals surface area contributed by atoms with Gasteiger partial charge in [-0.3, -0.25) is 9.59 Å². The van der Waals surface area contributed by atoms with Gasteiger partial charge in [0.15, 0.2) is 0 Å². The monoisotopic (exact) mass is 325 g/mol. The molecule has 0 saturated carbocycles. The summed E-state index contributed by atoms with van der Waals surface area (Å²) < 4.78 is 0. The van der Waals surface area contributed by atoms with Crippen LogP contribution in [0.25, 0.3) is 10.8 Å². The summed E-state index contributed by atoms with van der Waals surface area (Å²) in [5, 5.41) is 11.2. The summed E-state index contributed by atoms with van der Waals surface area (Å²) in [6.07, 6.45) is 2.40. The number of hydrogen-bond acceptors (Lipinski definition) is 3. The lowest BCUT2D eigenvalue weighted by Gasteiger charge is -2.23. The molecule has 1 atom stereocenters. The Hall–Kier alpha value is -2.40. The van der Waals surface area contributed by atoms with E-state index < -0.39 is 0 Å². The van der Waals surface area contributed by atoms with E-state index in [2.05, 4.69) is 16.0 Å². The molecule has 3 rings (SSSR count). The predicted octanol–water partition coefficient (Wildman–Crippen LogP) is 1.83. The van der Waals surface area contributed by atoms with Crippen molar-refractivity contribution >= 4 is 22.6 Å². The fourth-order valence-corrected chi connectivity index (χ4v) is 3.00. The third-order valence-corrected chi connectivity index (χ3v) is 4.31. The third kappa shape index (κ3) is 4.32. The molecule has 5 nitrogen and oxygen atoms in total. The van der Waals surface area contributed by atoms with Gasteiger partial charge in [-0.05, 0) is 42.3 Å². The van der Waals surface area contributed by atoms with E-state index in [0.717, 1.165) is 36.7 Å². The Labute approximate surface area is 141 Å². The molecule has 2 aromatic carbocycles. The predicted molar refractivity (Wildman–Crippen MR) is 94.9 cm³/mol. The van der Waals surface area contributed by atoms with E-state index in [1.807, 2.05) is 42.5 Å². The van der Waals surface area contributed by atoms with Crippen LogP contribution in [0.15, 0.2) is 42.5 Å². The molecule has 1 fully saturated rings. The van der Waals surface area contributed by atoms with E-state index in [-0.39, 0.29) is 17.9 Å². The van der Waals surface area contributed by atoms with Crippen LogP contribution in [0.3, 0.4) is 0 Å². The molecule has 0 spiro atoms. The average Bonchev–Trinajstić information content (AvgIpc) is 2.62. The minimum Gasteiger partial charge on any atom is -0.352 e. The number of hydrogen-bond donors (Lipinski definition) is 3. The first-order valence-corrected chi connectivity index (χ1v) is 8.49. The van der Waals surface area contributed by atoms with Crippen molar-refractivity contribution in [3.63, 3.8) is 0 Å². The molecule has 0 bridgehead atoms. The number of piperidine rings is 1. The summed E-state index contributed by atoms with van der Waals surface area (Å²) in [6, 6.07) is 13.8. The Kier molecular flexibility index (Phi) is 5.43. The molecule has 1 heterocycles. The van der Waals surface area contributed by atoms with E-state index >= 15 is 0 Å². The molecule has 1 saturated heterocycles. The Balaban J connectivity index is 1.46. The van der Waals surface area contributed by atoms with Crippen LogP contribution in [0.2, 0.25) is 0 Å². The van der Waals surface area contributed by atoms with Crippen LogP contribution < -0.4 is 16.0 Å². The topological polar surface area (TPSA) is 70.2 Å². The number of rotatable bonds is 5. The normalized spacial score (nSPS) is 17.4. The van der Waals surface area contributed by atoms with Crippen LogP contribution in [0.5, 0.6) is 0 Å². The summed E-state index contributed by atoms with van der Waals surface area (Å²) in [6.45, 7) is 2.20.